The van der Waals surface area contributed by atoms with E-state index < -0.39 is 6.10 Å². The lowest BCUT2D eigenvalue weighted by atomic mass is 10.00. The summed E-state index contributed by atoms with van der Waals surface area (Å²) in [6.07, 6.45) is 3.90. The van der Waals surface area contributed by atoms with Crippen LogP contribution in [0, 0.1) is 5.92 Å². The van der Waals surface area contributed by atoms with Crippen molar-refractivity contribution in [1.29, 1.82) is 0 Å². The summed E-state index contributed by atoms with van der Waals surface area (Å²) < 4.78 is 5.13. The van der Waals surface area contributed by atoms with Crippen LogP contribution in [0.15, 0.2) is 35.5 Å². The normalized spacial score (nSPS) is 16.7. The van der Waals surface area contributed by atoms with Crippen molar-refractivity contribution >= 4 is 0 Å². The molecule has 0 fully saturated rings. The average molecular weight is 223 g/mol. The van der Waals surface area contributed by atoms with Crippen molar-refractivity contribution in [3.8, 4) is 0 Å². The average Bonchev–Trinajstić information content (AvgIpc) is 2.79. The summed E-state index contributed by atoms with van der Waals surface area (Å²) >= 11 is 0. The highest BCUT2D eigenvalue weighted by Crippen LogP contribution is 2.13. The van der Waals surface area contributed by atoms with E-state index in [0.29, 0.717) is 24.3 Å². The minimum atomic E-state index is -0.576. The highest BCUT2D eigenvalue weighted by Gasteiger charge is 2.14. The number of hydrogen-bond donors (Lipinski definition) is 2. The summed E-state index contributed by atoms with van der Waals surface area (Å²) in [4.78, 5) is 0. The first kappa shape index (κ1) is 13.0. The minimum Gasteiger partial charge on any atom is -0.467 e. The van der Waals surface area contributed by atoms with Crippen LogP contribution in [-0.2, 0) is 0 Å². The number of furan rings is 1. The van der Waals surface area contributed by atoms with Crippen LogP contribution in [0.5, 0.6) is 0 Å². The molecule has 90 valence electrons. The monoisotopic (exact) mass is 223 g/mol. The zero-order valence-corrected chi connectivity index (χ0v) is 10.0. The SMILES string of the molecule is C=CCC(C)C(C)NCC(O)c1ccco1. The molecule has 2 N–H and O–H groups in total. The van der Waals surface area contributed by atoms with Crippen LogP contribution in [0.1, 0.15) is 32.1 Å². The molecule has 3 nitrogen and oxygen atoms in total. The van der Waals surface area contributed by atoms with Gasteiger partial charge in [0, 0.05) is 12.6 Å². The minimum absolute atomic E-state index is 0.350. The van der Waals surface area contributed by atoms with E-state index in [1.807, 2.05) is 6.08 Å². The molecule has 16 heavy (non-hydrogen) atoms. The van der Waals surface area contributed by atoms with Gasteiger partial charge in [0.2, 0.25) is 0 Å². The Kier molecular flexibility index (Phi) is 5.29. The van der Waals surface area contributed by atoms with Crippen molar-refractivity contribution in [1.82, 2.24) is 5.32 Å². The Hall–Kier alpha value is -1.06. The van der Waals surface area contributed by atoms with Crippen molar-refractivity contribution in [2.45, 2.75) is 32.4 Å². The predicted octanol–water partition coefficient (Wildman–Crippen LogP) is 2.50. The second kappa shape index (κ2) is 6.51. The van der Waals surface area contributed by atoms with Crippen molar-refractivity contribution in [3.63, 3.8) is 0 Å². The van der Waals surface area contributed by atoms with Gasteiger partial charge in [-0.1, -0.05) is 13.0 Å². The Balaban J connectivity index is 2.31. The molecular weight excluding hydrogens is 202 g/mol. The van der Waals surface area contributed by atoms with Crippen molar-refractivity contribution in [2.24, 2.45) is 5.92 Å². The molecule has 1 heterocycles. The quantitative estimate of drug-likeness (QED) is 0.698. The first-order valence-electron chi connectivity index (χ1n) is 5.71. The molecule has 3 unspecified atom stereocenters. The molecule has 0 amide bonds. The molecule has 0 aliphatic carbocycles. The van der Waals surface area contributed by atoms with Crippen LogP contribution in [0.2, 0.25) is 0 Å². The number of rotatable bonds is 7. The number of allylic oxidation sites excluding steroid dienone is 1. The van der Waals surface area contributed by atoms with Crippen LogP contribution in [0.25, 0.3) is 0 Å². The Morgan fingerprint density at radius 2 is 2.31 bits per heavy atom. The summed E-state index contributed by atoms with van der Waals surface area (Å²) in [5.74, 6) is 1.12. The van der Waals surface area contributed by atoms with E-state index in [1.54, 1.807) is 18.4 Å². The number of aliphatic hydroxyl groups excluding tert-OH is 1. The maximum Gasteiger partial charge on any atom is 0.133 e. The fourth-order valence-corrected chi connectivity index (χ4v) is 1.55. The van der Waals surface area contributed by atoms with Crippen molar-refractivity contribution in [3.05, 3.63) is 36.8 Å². The fourth-order valence-electron chi connectivity index (χ4n) is 1.55. The van der Waals surface area contributed by atoms with Gasteiger partial charge in [0.15, 0.2) is 0 Å². The lowest BCUT2D eigenvalue weighted by Crippen LogP contribution is -2.35. The molecule has 0 bridgehead atoms. The topological polar surface area (TPSA) is 45.4 Å². The maximum absolute atomic E-state index is 9.79. The van der Waals surface area contributed by atoms with Crippen LogP contribution < -0.4 is 5.32 Å². The molecule has 0 spiro atoms. The molecule has 0 saturated heterocycles. The zero-order valence-electron chi connectivity index (χ0n) is 10.0. The first-order valence-corrected chi connectivity index (χ1v) is 5.71. The second-order valence-corrected chi connectivity index (χ2v) is 4.23. The fraction of sp³-hybridized carbons (Fsp3) is 0.538. The zero-order chi connectivity index (χ0) is 12.0. The van der Waals surface area contributed by atoms with Gasteiger partial charge in [0.1, 0.15) is 11.9 Å². The molecule has 0 aliphatic rings. The molecule has 0 aliphatic heterocycles. The van der Waals surface area contributed by atoms with Gasteiger partial charge in [0.05, 0.1) is 6.26 Å². The summed E-state index contributed by atoms with van der Waals surface area (Å²) in [6, 6.07) is 3.91. The number of nitrogens with one attached hydrogen (secondary N) is 1. The van der Waals surface area contributed by atoms with Gasteiger partial charge in [-0.15, -0.1) is 6.58 Å². The van der Waals surface area contributed by atoms with Gasteiger partial charge in [-0.25, -0.2) is 0 Å². The molecule has 0 saturated carbocycles. The molecule has 3 atom stereocenters. The van der Waals surface area contributed by atoms with Crippen LogP contribution in [-0.4, -0.2) is 17.7 Å². The summed E-state index contributed by atoms with van der Waals surface area (Å²) in [5, 5.41) is 13.1. The highest BCUT2D eigenvalue weighted by molar-refractivity contribution is 5.02. The van der Waals surface area contributed by atoms with E-state index in [9.17, 15) is 5.11 Å². The summed E-state index contributed by atoms with van der Waals surface area (Å²) in [5.41, 5.74) is 0. The maximum atomic E-state index is 9.79. The van der Waals surface area contributed by atoms with E-state index in [0.717, 1.165) is 6.42 Å². The number of aliphatic hydroxyl groups is 1. The van der Waals surface area contributed by atoms with Gasteiger partial charge in [-0.2, -0.15) is 0 Å². The van der Waals surface area contributed by atoms with E-state index in [4.69, 9.17) is 4.42 Å². The van der Waals surface area contributed by atoms with E-state index in [1.165, 1.54) is 0 Å². The van der Waals surface area contributed by atoms with E-state index in [-0.39, 0.29) is 0 Å². The molecule has 0 radical (unpaired) electrons. The van der Waals surface area contributed by atoms with Crippen molar-refractivity contribution in [2.75, 3.05) is 6.54 Å². The lowest BCUT2D eigenvalue weighted by molar-refractivity contribution is 0.141. The predicted molar refractivity (Wildman–Crippen MR) is 65.1 cm³/mol. The number of hydrogen-bond acceptors (Lipinski definition) is 3. The molecule has 1 aromatic heterocycles. The Morgan fingerprint density at radius 1 is 1.56 bits per heavy atom. The first-order chi connectivity index (χ1) is 7.65. The third-order valence-electron chi connectivity index (χ3n) is 2.90. The smallest absolute Gasteiger partial charge is 0.133 e. The van der Waals surface area contributed by atoms with Crippen LogP contribution >= 0.6 is 0 Å². The molecule has 1 rings (SSSR count). The van der Waals surface area contributed by atoms with E-state index in [2.05, 4.69) is 25.7 Å². The van der Waals surface area contributed by atoms with Crippen LogP contribution in [0.3, 0.4) is 0 Å². The van der Waals surface area contributed by atoms with Gasteiger partial charge >= 0.3 is 0 Å². The lowest BCUT2D eigenvalue weighted by Gasteiger charge is -2.21. The third kappa shape index (κ3) is 3.83. The molecule has 0 aromatic carbocycles. The Bertz CT molecular complexity index is 295. The van der Waals surface area contributed by atoms with Gasteiger partial charge in [-0.3, -0.25) is 0 Å². The largest absolute Gasteiger partial charge is 0.467 e. The third-order valence-corrected chi connectivity index (χ3v) is 2.90. The molecule has 3 heteroatoms. The van der Waals surface area contributed by atoms with Gasteiger partial charge in [0.25, 0.3) is 0 Å². The summed E-state index contributed by atoms with van der Waals surface area (Å²) in [6.45, 7) is 8.52. The molecular formula is C13H21NO2. The Labute approximate surface area is 97.2 Å². The Morgan fingerprint density at radius 3 is 2.88 bits per heavy atom. The highest BCUT2D eigenvalue weighted by atomic mass is 16.4. The molecule has 1 aromatic rings. The second-order valence-electron chi connectivity index (χ2n) is 4.23. The van der Waals surface area contributed by atoms with E-state index >= 15 is 0 Å². The van der Waals surface area contributed by atoms with Gasteiger partial charge in [-0.05, 0) is 31.4 Å². The van der Waals surface area contributed by atoms with Crippen LogP contribution in [0.4, 0.5) is 0 Å². The summed E-state index contributed by atoms with van der Waals surface area (Å²) in [7, 11) is 0. The standard InChI is InChI=1S/C13H21NO2/c1-4-6-10(2)11(3)14-9-12(15)13-7-5-8-16-13/h4-5,7-8,10-12,14-15H,1,6,9H2,2-3H3. The van der Waals surface area contributed by atoms with Gasteiger partial charge < -0.3 is 14.8 Å². The van der Waals surface area contributed by atoms with Crippen molar-refractivity contribution < 1.29 is 9.52 Å².